The summed E-state index contributed by atoms with van der Waals surface area (Å²) in [5.74, 6) is 0.452. The molecular formula is C17H17ClO2. The van der Waals surface area contributed by atoms with E-state index in [2.05, 4.69) is 0 Å². The standard InChI is InChI=1S/C17H17ClO2/c1-10-5-6-16(20-4)14(7-10)17(19)13-8-11(2)12(3)9-15(13)18/h5-9H,1-4H3. The van der Waals surface area contributed by atoms with E-state index in [0.29, 0.717) is 21.9 Å². The number of benzene rings is 2. The highest BCUT2D eigenvalue weighted by atomic mass is 35.5. The Bertz CT molecular complexity index is 675. The van der Waals surface area contributed by atoms with Crippen molar-refractivity contribution < 1.29 is 9.53 Å². The third-order valence-electron chi connectivity index (χ3n) is 3.43. The molecule has 0 saturated carbocycles. The van der Waals surface area contributed by atoms with Gasteiger partial charge in [-0.3, -0.25) is 4.79 Å². The molecule has 20 heavy (non-hydrogen) atoms. The smallest absolute Gasteiger partial charge is 0.198 e. The summed E-state index contributed by atoms with van der Waals surface area (Å²) in [6.45, 7) is 5.89. The number of hydrogen-bond acceptors (Lipinski definition) is 2. The van der Waals surface area contributed by atoms with E-state index in [4.69, 9.17) is 16.3 Å². The highest BCUT2D eigenvalue weighted by Crippen LogP contribution is 2.28. The third kappa shape index (κ3) is 2.70. The molecule has 0 aliphatic rings. The molecule has 0 unspecified atom stereocenters. The second kappa shape index (κ2) is 5.68. The molecule has 0 aromatic heterocycles. The fourth-order valence-corrected chi connectivity index (χ4v) is 2.40. The van der Waals surface area contributed by atoms with Crippen LogP contribution >= 0.6 is 11.6 Å². The number of methoxy groups -OCH3 is 1. The number of carbonyl (C=O) groups is 1. The van der Waals surface area contributed by atoms with Crippen LogP contribution in [0.25, 0.3) is 0 Å². The minimum Gasteiger partial charge on any atom is -0.496 e. The maximum absolute atomic E-state index is 12.7. The molecule has 3 heteroatoms. The van der Waals surface area contributed by atoms with Gasteiger partial charge in [-0.05, 0) is 56.2 Å². The van der Waals surface area contributed by atoms with Crippen LogP contribution in [0.2, 0.25) is 5.02 Å². The van der Waals surface area contributed by atoms with E-state index in [1.165, 1.54) is 0 Å². The van der Waals surface area contributed by atoms with Crippen molar-refractivity contribution in [3.05, 3.63) is 63.2 Å². The maximum Gasteiger partial charge on any atom is 0.198 e. The molecule has 0 amide bonds. The molecular weight excluding hydrogens is 272 g/mol. The number of aryl methyl sites for hydroxylation is 3. The molecule has 2 aromatic rings. The molecule has 0 radical (unpaired) electrons. The van der Waals surface area contributed by atoms with E-state index < -0.39 is 0 Å². The van der Waals surface area contributed by atoms with E-state index >= 15 is 0 Å². The van der Waals surface area contributed by atoms with Crippen LogP contribution in [0.5, 0.6) is 5.75 Å². The van der Waals surface area contributed by atoms with Crippen molar-refractivity contribution in [1.82, 2.24) is 0 Å². The Morgan fingerprint density at radius 2 is 1.65 bits per heavy atom. The predicted molar refractivity (Wildman–Crippen MR) is 82.1 cm³/mol. The molecule has 0 heterocycles. The molecule has 0 fully saturated rings. The predicted octanol–water partition coefficient (Wildman–Crippen LogP) is 4.50. The third-order valence-corrected chi connectivity index (χ3v) is 3.74. The first-order chi connectivity index (χ1) is 9.43. The average molecular weight is 289 g/mol. The van der Waals surface area contributed by atoms with Gasteiger partial charge >= 0.3 is 0 Å². The second-order valence-corrected chi connectivity index (χ2v) is 5.36. The molecule has 0 N–H and O–H groups in total. The number of carbonyl (C=O) groups excluding carboxylic acids is 1. The van der Waals surface area contributed by atoms with Crippen molar-refractivity contribution in [1.29, 1.82) is 0 Å². The van der Waals surface area contributed by atoms with Gasteiger partial charge in [-0.25, -0.2) is 0 Å². The lowest BCUT2D eigenvalue weighted by Crippen LogP contribution is -2.06. The minimum atomic E-state index is -0.112. The molecule has 2 nitrogen and oxygen atoms in total. The van der Waals surface area contributed by atoms with Crippen LogP contribution in [0.15, 0.2) is 30.3 Å². The number of ether oxygens (including phenoxy) is 1. The molecule has 2 rings (SSSR count). The number of hydrogen-bond donors (Lipinski definition) is 0. The lowest BCUT2D eigenvalue weighted by Gasteiger charge is -2.11. The van der Waals surface area contributed by atoms with Gasteiger partial charge in [0.2, 0.25) is 0 Å². The first kappa shape index (κ1) is 14.6. The Hall–Kier alpha value is -1.80. The quantitative estimate of drug-likeness (QED) is 0.777. The minimum absolute atomic E-state index is 0.112. The Morgan fingerprint density at radius 3 is 2.30 bits per heavy atom. The summed E-state index contributed by atoms with van der Waals surface area (Å²) in [5.41, 5.74) is 4.18. The summed E-state index contributed by atoms with van der Waals surface area (Å²) in [4.78, 5) is 12.7. The fourth-order valence-electron chi connectivity index (χ4n) is 2.10. The van der Waals surface area contributed by atoms with Crippen molar-refractivity contribution in [3.63, 3.8) is 0 Å². The molecule has 0 bridgehead atoms. The van der Waals surface area contributed by atoms with Crippen molar-refractivity contribution in [2.45, 2.75) is 20.8 Å². The Kier molecular flexibility index (Phi) is 4.15. The maximum atomic E-state index is 12.7. The monoisotopic (exact) mass is 288 g/mol. The number of ketones is 1. The largest absolute Gasteiger partial charge is 0.496 e. The van der Waals surface area contributed by atoms with Crippen LogP contribution in [-0.4, -0.2) is 12.9 Å². The van der Waals surface area contributed by atoms with Crippen LogP contribution in [0, 0.1) is 20.8 Å². The highest BCUT2D eigenvalue weighted by Gasteiger charge is 2.18. The Morgan fingerprint density at radius 1 is 1.00 bits per heavy atom. The first-order valence-electron chi connectivity index (χ1n) is 6.40. The summed E-state index contributed by atoms with van der Waals surface area (Å²) in [5, 5.41) is 0.474. The zero-order valence-electron chi connectivity index (χ0n) is 12.1. The van der Waals surface area contributed by atoms with Gasteiger partial charge in [0.1, 0.15) is 5.75 Å². The summed E-state index contributed by atoms with van der Waals surface area (Å²) < 4.78 is 5.27. The lowest BCUT2D eigenvalue weighted by atomic mass is 9.97. The van der Waals surface area contributed by atoms with Gasteiger partial charge in [-0.1, -0.05) is 23.2 Å². The second-order valence-electron chi connectivity index (χ2n) is 4.95. The summed E-state index contributed by atoms with van der Waals surface area (Å²) in [6.07, 6.45) is 0. The zero-order valence-corrected chi connectivity index (χ0v) is 12.8. The number of halogens is 1. The van der Waals surface area contributed by atoms with Gasteiger partial charge < -0.3 is 4.74 Å². The number of rotatable bonds is 3. The highest BCUT2D eigenvalue weighted by molar-refractivity contribution is 6.35. The van der Waals surface area contributed by atoms with Gasteiger partial charge in [-0.2, -0.15) is 0 Å². The van der Waals surface area contributed by atoms with Crippen molar-refractivity contribution in [2.75, 3.05) is 7.11 Å². The zero-order chi connectivity index (χ0) is 14.9. The normalized spacial score (nSPS) is 10.4. The Balaban J connectivity index is 2.57. The van der Waals surface area contributed by atoms with Crippen molar-refractivity contribution in [3.8, 4) is 5.75 Å². The molecule has 0 spiro atoms. The first-order valence-corrected chi connectivity index (χ1v) is 6.78. The van der Waals surface area contributed by atoms with E-state index in [1.54, 1.807) is 13.2 Å². The molecule has 0 atom stereocenters. The van der Waals surface area contributed by atoms with E-state index in [-0.39, 0.29) is 5.78 Å². The van der Waals surface area contributed by atoms with Crippen LogP contribution in [0.3, 0.4) is 0 Å². The van der Waals surface area contributed by atoms with E-state index in [1.807, 2.05) is 45.0 Å². The van der Waals surface area contributed by atoms with Crippen LogP contribution in [0.4, 0.5) is 0 Å². The SMILES string of the molecule is COc1ccc(C)cc1C(=O)c1cc(C)c(C)cc1Cl. The topological polar surface area (TPSA) is 26.3 Å². The van der Waals surface area contributed by atoms with Crippen LogP contribution in [0.1, 0.15) is 32.6 Å². The summed E-state index contributed by atoms with van der Waals surface area (Å²) in [7, 11) is 1.56. The van der Waals surface area contributed by atoms with Gasteiger partial charge in [0, 0.05) is 5.56 Å². The van der Waals surface area contributed by atoms with Gasteiger partial charge in [0.25, 0.3) is 0 Å². The Labute approximate surface area is 124 Å². The van der Waals surface area contributed by atoms with Crippen molar-refractivity contribution >= 4 is 17.4 Å². The van der Waals surface area contributed by atoms with Gasteiger partial charge in [0.15, 0.2) is 5.78 Å². The van der Waals surface area contributed by atoms with E-state index in [9.17, 15) is 4.79 Å². The van der Waals surface area contributed by atoms with Gasteiger partial charge in [0.05, 0.1) is 17.7 Å². The summed E-state index contributed by atoms with van der Waals surface area (Å²) in [6, 6.07) is 9.20. The molecule has 0 aliphatic heterocycles. The molecule has 0 aliphatic carbocycles. The average Bonchev–Trinajstić information content (AvgIpc) is 2.42. The van der Waals surface area contributed by atoms with Crippen LogP contribution < -0.4 is 4.74 Å². The molecule has 0 saturated heterocycles. The van der Waals surface area contributed by atoms with E-state index in [0.717, 1.165) is 16.7 Å². The molecule has 104 valence electrons. The fraction of sp³-hybridized carbons (Fsp3) is 0.235. The lowest BCUT2D eigenvalue weighted by molar-refractivity contribution is 0.103. The van der Waals surface area contributed by atoms with Crippen LogP contribution in [-0.2, 0) is 0 Å². The molecule has 2 aromatic carbocycles. The summed E-state index contributed by atoms with van der Waals surface area (Å²) >= 11 is 6.22. The van der Waals surface area contributed by atoms with Gasteiger partial charge in [-0.15, -0.1) is 0 Å². The van der Waals surface area contributed by atoms with Crippen molar-refractivity contribution in [2.24, 2.45) is 0 Å².